The van der Waals surface area contributed by atoms with Gasteiger partial charge in [-0.25, -0.2) is 14.6 Å². The lowest BCUT2D eigenvalue weighted by Crippen LogP contribution is -2.53. The summed E-state index contributed by atoms with van der Waals surface area (Å²) in [6.45, 7) is 8.25. The number of benzene rings is 1. The van der Waals surface area contributed by atoms with E-state index in [0.29, 0.717) is 57.9 Å². The van der Waals surface area contributed by atoms with Crippen LogP contribution in [-0.2, 0) is 33.8 Å². The van der Waals surface area contributed by atoms with E-state index >= 15 is 0 Å². The van der Waals surface area contributed by atoms with Crippen LogP contribution in [0.2, 0.25) is 0 Å². The molecule has 12 nitrogen and oxygen atoms in total. The van der Waals surface area contributed by atoms with E-state index in [1.165, 1.54) is 11.3 Å². The van der Waals surface area contributed by atoms with Gasteiger partial charge in [-0.15, -0.1) is 22.7 Å². The number of allylic oxidation sites excluding steroid dienone is 4. The zero-order valence-corrected chi connectivity index (χ0v) is 33.3. The summed E-state index contributed by atoms with van der Waals surface area (Å²) in [4.78, 5) is 54.3. The molecule has 5 rings (SSSR count). The molecule has 1 aromatic carbocycles. The summed E-state index contributed by atoms with van der Waals surface area (Å²) >= 11 is 3.03. The Morgan fingerprint density at radius 1 is 1.02 bits per heavy atom. The van der Waals surface area contributed by atoms with E-state index in [1.807, 2.05) is 41.8 Å². The molecule has 3 N–H and O–H groups in total. The van der Waals surface area contributed by atoms with Crippen LogP contribution in [0.4, 0.5) is 9.59 Å². The van der Waals surface area contributed by atoms with E-state index in [-0.39, 0.29) is 36.5 Å². The number of aromatic nitrogens is 2. The highest BCUT2D eigenvalue weighted by atomic mass is 32.1. The molecule has 4 amide bonds. The van der Waals surface area contributed by atoms with Crippen LogP contribution in [0.1, 0.15) is 73.0 Å². The largest absolute Gasteiger partial charge is 0.444 e. The molecule has 1 fully saturated rings. The number of ether oxygens (including phenoxy) is 2. The van der Waals surface area contributed by atoms with Crippen molar-refractivity contribution in [1.82, 2.24) is 35.7 Å². The molecule has 3 heterocycles. The van der Waals surface area contributed by atoms with Crippen LogP contribution in [0, 0.1) is 5.92 Å². The molecular weight excluding hydrogens is 723 g/mol. The van der Waals surface area contributed by atoms with Gasteiger partial charge in [-0.3, -0.25) is 14.7 Å². The second-order valence-electron chi connectivity index (χ2n) is 14.3. The van der Waals surface area contributed by atoms with Gasteiger partial charge in [-0.1, -0.05) is 68.5 Å². The number of alkyl carbamates (subject to hydrolysis) is 1. The first-order valence-electron chi connectivity index (χ1n) is 19.0. The molecule has 1 aliphatic heterocycles. The van der Waals surface area contributed by atoms with Crippen molar-refractivity contribution in [2.24, 2.45) is 5.92 Å². The Balaban J connectivity index is 1.27. The summed E-state index contributed by atoms with van der Waals surface area (Å²) in [6, 6.07) is 8.56. The van der Waals surface area contributed by atoms with Crippen LogP contribution >= 0.6 is 22.7 Å². The number of hydrogen-bond acceptors (Lipinski definition) is 10. The lowest BCUT2D eigenvalue weighted by molar-refractivity contribution is -0.124. The number of morpholine rings is 1. The van der Waals surface area contributed by atoms with Gasteiger partial charge >= 0.3 is 12.1 Å². The number of urea groups is 1. The summed E-state index contributed by atoms with van der Waals surface area (Å²) in [7, 11) is 1.73. The van der Waals surface area contributed by atoms with Crippen LogP contribution in [0.15, 0.2) is 71.7 Å². The molecule has 1 saturated heterocycles. The van der Waals surface area contributed by atoms with E-state index < -0.39 is 12.1 Å². The molecule has 4 atom stereocenters. The molecule has 0 bridgehead atoms. The van der Waals surface area contributed by atoms with Crippen molar-refractivity contribution in [3.63, 3.8) is 0 Å². The van der Waals surface area contributed by atoms with Crippen molar-refractivity contribution in [3.05, 3.63) is 92.9 Å². The van der Waals surface area contributed by atoms with Crippen molar-refractivity contribution in [1.29, 1.82) is 0 Å². The topological polar surface area (TPSA) is 138 Å². The smallest absolute Gasteiger partial charge is 0.407 e. The number of thiazole rings is 2. The molecule has 292 valence electrons. The van der Waals surface area contributed by atoms with Crippen LogP contribution in [0.25, 0.3) is 0 Å². The summed E-state index contributed by atoms with van der Waals surface area (Å²) in [5.74, 6) is 0.362. The Morgan fingerprint density at radius 2 is 1.81 bits per heavy atom. The molecular formula is C40H55N7O5S2. The molecule has 0 saturated carbocycles. The monoisotopic (exact) mass is 777 g/mol. The summed E-state index contributed by atoms with van der Waals surface area (Å²) in [5, 5.41) is 12.5. The molecule has 2 aromatic heterocycles. The van der Waals surface area contributed by atoms with Crippen molar-refractivity contribution < 1.29 is 23.9 Å². The van der Waals surface area contributed by atoms with Crippen molar-refractivity contribution in [2.75, 3.05) is 39.9 Å². The maximum atomic E-state index is 14.2. The van der Waals surface area contributed by atoms with Crippen LogP contribution in [0.5, 0.6) is 0 Å². The highest BCUT2D eigenvalue weighted by Gasteiger charge is 2.28. The maximum absolute atomic E-state index is 14.2. The third-order valence-electron chi connectivity index (χ3n) is 9.60. The first-order valence-corrected chi connectivity index (χ1v) is 20.7. The fraction of sp³-hybridized carbons (Fsp3) is 0.525. The van der Waals surface area contributed by atoms with Crippen LogP contribution in [-0.4, -0.2) is 95.8 Å². The van der Waals surface area contributed by atoms with E-state index in [2.05, 4.69) is 57.9 Å². The standard InChI is InChI=1S/C40H55N7O5S2/c1-29(2)38-43-34(27-53-38)25-46(3)39(49)45-36(16-17-47-18-20-51-21-19-47)37(48)42-32(22-30-10-6-4-7-11-30)14-15-33(23-31-12-8-5-9-13-31)44-40(50)52-26-35-24-41-28-54-35/h4-10,12-13,24,27-30,32-33,36H,11,14-23,25-26H2,1-3H3,(H,42,48)(H,44,50)(H,45,49)/t30?,32-,33-,36+/m1/s1. The lowest BCUT2D eigenvalue weighted by atomic mass is 9.89. The number of carbonyl (C=O) groups excluding carboxylic acids is 3. The number of nitrogens with one attached hydrogen (secondary N) is 3. The molecule has 2 aliphatic rings. The lowest BCUT2D eigenvalue weighted by Gasteiger charge is -2.31. The Labute approximate surface area is 327 Å². The van der Waals surface area contributed by atoms with Crippen LogP contribution in [0.3, 0.4) is 0 Å². The van der Waals surface area contributed by atoms with E-state index in [1.54, 1.807) is 35.0 Å². The molecule has 1 unspecified atom stereocenters. The van der Waals surface area contributed by atoms with Gasteiger partial charge in [-0.2, -0.15) is 0 Å². The predicted octanol–water partition coefficient (Wildman–Crippen LogP) is 6.28. The zero-order valence-electron chi connectivity index (χ0n) is 31.7. The number of hydrogen-bond donors (Lipinski definition) is 3. The van der Waals surface area contributed by atoms with Gasteiger partial charge in [0, 0.05) is 56.3 Å². The fourth-order valence-corrected chi connectivity index (χ4v) is 7.88. The predicted molar refractivity (Wildman–Crippen MR) is 213 cm³/mol. The van der Waals surface area contributed by atoms with Gasteiger partial charge in [0.2, 0.25) is 5.91 Å². The van der Waals surface area contributed by atoms with Crippen molar-refractivity contribution in [2.45, 2.75) is 89.6 Å². The van der Waals surface area contributed by atoms with E-state index in [9.17, 15) is 14.4 Å². The molecule has 14 heteroatoms. The molecule has 0 radical (unpaired) electrons. The third-order valence-corrected chi connectivity index (χ3v) is 11.6. The van der Waals surface area contributed by atoms with Gasteiger partial charge in [0.1, 0.15) is 12.6 Å². The molecule has 1 aliphatic carbocycles. The maximum Gasteiger partial charge on any atom is 0.407 e. The highest BCUT2D eigenvalue weighted by molar-refractivity contribution is 7.09. The third kappa shape index (κ3) is 13.9. The van der Waals surface area contributed by atoms with Crippen molar-refractivity contribution in [3.8, 4) is 0 Å². The zero-order chi connectivity index (χ0) is 38.1. The van der Waals surface area contributed by atoms with Gasteiger partial charge in [0.25, 0.3) is 0 Å². The van der Waals surface area contributed by atoms with Crippen LogP contribution < -0.4 is 16.0 Å². The Hall–Kier alpha value is -4.11. The minimum atomic E-state index is -0.742. The number of nitrogens with zero attached hydrogens (tertiary/aromatic N) is 4. The van der Waals surface area contributed by atoms with Crippen molar-refractivity contribution >= 4 is 40.7 Å². The fourth-order valence-electron chi connectivity index (χ4n) is 6.55. The number of rotatable bonds is 19. The average Bonchev–Trinajstić information content (AvgIpc) is 3.89. The second kappa shape index (κ2) is 21.7. The average molecular weight is 778 g/mol. The molecule has 3 aromatic rings. The Morgan fingerprint density at radius 3 is 2.52 bits per heavy atom. The van der Waals surface area contributed by atoms with Gasteiger partial charge in [-0.05, 0) is 50.0 Å². The van der Waals surface area contributed by atoms with E-state index in [4.69, 9.17) is 14.5 Å². The Kier molecular flexibility index (Phi) is 16.5. The van der Waals surface area contributed by atoms with Gasteiger partial charge in [0.05, 0.1) is 40.8 Å². The number of amides is 4. The first kappa shape index (κ1) is 41.1. The summed E-state index contributed by atoms with van der Waals surface area (Å²) in [6.07, 6.45) is 13.6. The molecule has 54 heavy (non-hydrogen) atoms. The first-order chi connectivity index (χ1) is 26.2. The quantitative estimate of drug-likeness (QED) is 0.129. The normalized spacial score (nSPS) is 17.4. The molecule has 0 spiro atoms. The SMILES string of the molecule is CC(C)c1nc(CN(C)C(=O)N[C@@H](CCN2CCOCC2)C(=O)N[C@H](CC[C@H](Cc2ccccc2)NC(=O)OCc2cncs2)CC2C=CC=CC2)cs1. The minimum absolute atomic E-state index is 0.157. The van der Waals surface area contributed by atoms with Gasteiger partial charge < -0.3 is 30.3 Å². The summed E-state index contributed by atoms with van der Waals surface area (Å²) < 4.78 is 11.1. The minimum Gasteiger partial charge on any atom is -0.444 e. The Bertz CT molecular complexity index is 1640. The van der Waals surface area contributed by atoms with Gasteiger partial charge in [0.15, 0.2) is 0 Å². The van der Waals surface area contributed by atoms with E-state index in [0.717, 1.165) is 47.1 Å². The summed E-state index contributed by atoms with van der Waals surface area (Å²) in [5.41, 5.74) is 3.64. The number of carbonyl (C=O) groups is 3. The second-order valence-corrected chi connectivity index (χ2v) is 16.2. The highest BCUT2D eigenvalue weighted by Crippen LogP contribution is 2.22.